The first-order valence-corrected chi connectivity index (χ1v) is 8.17. The van der Waals surface area contributed by atoms with Gasteiger partial charge in [-0.1, -0.05) is 6.07 Å². The maximum atomic E-state index is 13.3. The minimum Gasteiger partial charge on any atom is -0.401 e. The van der Waals surface area contributed by atoms with Crippen molar-refractivity contribution in [3.63, 3.8) is 0 Å². The lowest BCUT2D eigenvalue weighted by molar-refractivity contribution is 0.364. The van der Waals surface area contributed by atoms with Gasteiger partial charge >= 0.3 is 0 Å². The summed E-state index contributed by atoms with van der Waals surface area (Å²) in [6.45, 7) is 1.46. The fraction of sp³-hybridized carbons (Fsp3) is 0.278. The Morgan fingerprint density at radius 2 is 2.24 bits per heavy atom. The predicted molar refractivity (Wildman–Crippen MR) is 97.8 cm³/mol. The average Bonchev–Trinajstić information content (AvgIpc) is 3.07. The van der Waals surface area contributed by atoms with E-state index in [4.69, 9.17) is 11.1 Å². The van der Waals surface area contributed by atoms with E-state index in [-0.39, 0.29) is 5.71 Å². The molecule has 3 heterocycles. The molecule has 0 amide bonds. The Morgan fingerprint density at radius 1 is 1.36 bits per heavy atom. The Labute approximate surface area is 146 Å². The third-order valence-electron chi connectivity index (χ3n) is 3.98. The number of pyridine rings is 2. The van der Waals surface area contributed by atoms with E-state index in [0.29, 0.717) is 37.3 Å². The van der Waals surface area contributed by atoms with Crippen LogP contribution in [-0.4, -0.2) is 41.5 Å². The number of rotatable bonds is 6. The monoisotopic (exact) mass is 340 g/mol. The summed E-state index contributed by atoms with van der Waals surface area (Å²) < 4.78 is 13.3. The molecule has 130 valence electrons. The lowest BCUT2D eigenvalue weighted by Crippen LogP contribution is -2.21. The summed E-state index contributed by atoms with van der Waals surface area (Å²) >= 11 is 0. The molecule has 7 heteroatoms. The van der Waals surface area contributed by atoms with Crippen molar-refractivity contribution in [1.82, 2.24) is 9.97 Å². The molecular formula is C18H21FN6. The van der Waals surface area contributed by atoms with Crippen molar-refractivity contribution in [3.05, 3.63) is 60.1 Å². The van der Waals surface area contributed by atoms with Crippen LogP contribution in [0.3, 0.4) is 0 Å². The first-order chi connectivity index (χ1) is 12.1. The van der Waals surface area contributed by atoms with Crippen LogP contribution in [0.25, 0.3) is 0 Å². The summed E-state index contributed by atoms with van der Waals surface area (Å²) in [6.07, 6.45) is 4.68. The number of halogens is 1. The first kappa shape index (κ1) is 16.9. The van der Waals surface area contributed by atoms with Crippen molar-refractivity contribution in [2.45, 2.75) is 12.6 Å². The van der Waals surface area contributed by atoms with Crippen LogP contribution in [0.5, 0.6) is 0 Å². The summed E-state index contributed by atoms with van der Waals surface area (Å²) in [5.74, 6) is 1.47. The van der Waals surface area contributed by atoms with Crippen molar-refractivity contribution in [3.8, 4) is 0 Å². The number of nitrogens with two attached hydrogens (primary N) is 1. The van der Waals surface area contributed by atoms with Gasteiger partial charge in [0.05, 0.1) is 18.8 Å². The van der Waals surface area contributed by atoms with Crippen molar-refractivity contribution in [1.29, 1.82) is 5.41 Å². The smallest absolute Gasteiger partial charge is 0.128 e. The van der Waals surface area contributed by atoms with Crippen molar-refractivity contribution in [2.75, 3.05) is 29.9 Å². The summed E-state index contributed by atoms with van der Waals surface area (Å²) in [5.41, 5.74) is 7.44. The minimum atomic E-state index is -0.783. The highest BCUT2D eigenvalue weighted by molar-refractivity contribution is 6.06. The summed E-state index contributed by atoms with van der Waals surface area (Å²) in [4.78, 5) is 10.4. The van der Waals surface area contributed by atoms with Gasteiger partial charge in [-0.3, -0.25) is 0 Å². The Morgan fingerprint density at radius 3 is 2.88 bits per heavy atom. The zero-order valence-electron chi connectivity index (χ0n) is 13.8. The van der Waals surface area contributed by atoms with E-state index in [0.717, 1.165) is 11.6 Å². The zero-order chi connectivity index (χ0) is 17.6. The second kappa shape index (κ2) is 7.74. The summed E-state index contributed by atoms with van der Waals surface area (Å²) in [6, 6.07) is 9.20. The molecule has 0 saturated carbocycles. The molecule has 0 bridgehead atoms. The van der Waals surface area contributed by atoms with E-state index < -0.39 is 6.17 Å². The van der Waals surface area contributed by atoms with Gasteiger partial charge in [0.25, 0.3) is 0 Å². The highest BCUT2D eigenvalue weighted by atomic mass is 19.1. The van der Waals surface area contributed by atoms with Gasteiger partial charge in [0.1, 0.15) is 17.8 Å². The van der Waals surface area contributed by atoms with Crippen LogP contribution in [0.15, 0.2) is 54.5 Å². The molecule has 2 aromatic rings. The molecular weight excluding hydrogens is 319 g/mol. The molecule has 0 aromatic carbocycles. The van der Waals surface area contributed by atoms with Gasteiger partial charge in [-0.25, -0.2) is 14.4 Å². The number of nitrogens with zero attached hydrogens (tertiary/aromatic N) is 3. The SMILES string of the molecule is N=C(C=C(N)CNc1ccccn1)c1ccc(N2CC[C@H](F)C2)nc1. The van der Waals surface area contributed by atoms with Gasteiger partial charge < -0.3 is 21.4 Å². The van der Waals surface area contributed by atoms with E-state index in [1.165, 1.54) is 0 Å². The molecule has 2 aromatic heterocycles. The third-order valence-corrected chi connectivity index (χ3v) is 3.98. The highest BCUT2D eigenvalue weighted by Gasteiger charge is 2.22. The number of nitrogens with one attached hydrogen (secondary N) is 2. The maximum absolute atomic E-state index is 13.3. The molecule has 1 aliphatic heterocycles. The lowest BCUT2D eigenvalue weighted by Gasteiger charge is -2.16. The van der Waals surface area contributed by atoms with Gasteiger partial charge in [-0.05, 0) is 36.8 Å². The Balaban J connectivity index is 1.58. The maximum Gasteiger partial charge on any atom is 0.128 e. The van der Waals surface area contributed by atoms with Crippen molar-refractivity contribution >= 4 is 17.3 Å². The van der Waals surface area contributed by atoms with Gasteiger partial charge in [-0.2, -0.15) is 0 Å². The topological polar surface area (TPSA) is 90.9 Å². The number of anilines is 2. The number of alkyl halides is 1. The number of hydrogen-bond acceptors (Lipinski definition) is 6. The van der Waals surface area contributed by atoms with Crippen LogP contribution in [0.4, 0.5) is 16.0 Å². The van der Waals surface area contributed by atoms with Crippen LogP contribution < -0.4 is 16.0 Å². The molecule has 0 radical (unpaired) electrons. The van der Waals surface area contributed by atoms with Crippen LogP contribution in [-0.2, 0) is 0 Å². The Kier molecular flexibility index (Phi) is 5.23. The quantitative estimate of drug-likeness (QED) is 0.702. The van der Waals surface area contributed by atoms with Gasteiger partial charge in [0.2, 0.25) is 0 Å². The standard InChI is InChI=1S/C18H21FN6/c19-14-6-8-25(12-14)18-5-4-13(10-24-18)16(21)9-15(20)11-23-17-3-1-2-7-22-17/h1-5,7,9-10,14,21H,6,8,11-12,20H2,(H,22,23)/t14-/m0/s1. The molecule has 1 fully saturated rings. The molecule has 25 heavy (non-hydrogen) atoms. The minimum absolute atomic E-state index is 0.282. The van der Waals surface area contributed by atoms with Crippen LogP contribution >= 0.6 is 0 Å². The normalized spacial score (nSPS) is 17.6. The Bertz CT molecular complexity index is 744. The van der Waals surface area contributed by atoms with E-state index in [1.807, 2.05) is 35.2 Å². The molecule has 1 atom stereocenters. The zero-order valence-corrected chi connectivity index (χ0v) is 13.8. The largest absolute Gasteiger partial charge is 0.401 e. The molecule has 1 saturated heterocycles. The molecule has 3 rings (SSSR count). The second-order valence-corrected chi connectivity index (χ2v) is 5.94. The van der Waals surface area contributed by atoms with Gasteiger partial charge in [0, 0.05) is 30.2 Å². The van der Waals surface area contributed by atoms with E-state index >= 15 is 0 Å². The summed E-state index contributed by atoms with van der Waals surface area (Å²) in [7, 11) is 0. The van der Waals surface area contributed by atoms with Crippen LogP contribution in [0, 0.1) is 5.41 Å². The third kappa shape index (κ3) is 4.53. The molecule has 0 aliphatic carbocycles. The van der Waals surface area contributed by atoms with E-state index in [9.17, 15) is 4.39 Å². The highest BCUT2D eigenvalue weighted by Crippen LogP contribution is 2.20. The van der Waals surface area contributed by atoms with E-state index in [2.05, 4.69) is 15.3 Å². The van der Waals surface area contributed by atoms with Gasteiger partial charge in [0.15, 0.2) is 0 Å². The number of allylic oxidation sites excluding steroid dienone is 1. The van der Waals surface area contributed by atoms with E-state index in [1.54, 1.807) is 18.5 Å². The van der Waals surface area contributed by atoms with Crippen molar-refractivity contribution in [2.24, 2.45) is 5.73 Å². The molecule has 0 spiro atoms. The molecule has 0 unspecified atom stereocenters. The van der Waals surface area contributed by atoms with Gasteiger partial charge in [-0.15, -0.1) is 0 Å². The fourth-order valence-electron chi connectivity index (χ4n) is 2.64. The Hall–Kier alpha value is -2.96. The van der Waals surface area contributed by atoms with Crippen LogP contribution in [0.2, 0.25) is 0 Å². The first-order valence-electron chi connectivity index (χ1n) is 8.17. The molecule has 1 aliphatic rings. The summed E-state index contributed by atoms with van der Waals surface area (Å²) in [5, 5.41) is 11.2. The molecule has 4 N–H and O–H groups in total. The van der Waals surface area contributed by atoms with Crippen molar-refractivity contribution < 1.29 is 4.39 Å². The fourth-order valence-corrected chi connectivity index (χ4v) is 2.64. The average molecular weight is 340 g/mol. The number of hydrogen-bond donors (Lipinski definition) is 3. The number of aromatic nitrogens is 2. The second-order valence-electron chi connectivity index (χ2n) is 5.94. The van der Waals surface area contributed by atoms with Crippen LogP contribution in [0.1, 0.15) is 12.0 Å². The predicted octanol–water partition coefficient (Wildman–Crippen LogP) is 2.35. The molecule has 6 nitrogen and oxygen atoms in total. The lowest BCUT2D eigenvalue weighted by atomic mass is 10.1.